The number of rotatable bonds is 7. The second-order valence-corrected chi connectivity index (χ2v) is 8.55. The fraction of sp³-hybridized carbons (Fsp3) is 0.296. The number of carbonyl (C=O) groups excluding carboxylic acids is 1. The third-order valence-corrected chi connectivity index (χ3v) is 6.29. The Morgan fingerprint density at radius 3 is 2.74 bits per heavy atom. The number of nitrogens with zero attached hydrogens (tertiary/aromatic N) is 3. The van der Waals surface area contributed by atoms with Crippen LogP contribution in [0.15, 0.2) is 69.7 Å². The number of hydrogen-bond donors (Lipinski definition) is 0. The van der Waals surface area contributed by atoms with Crippen LogP contribution in [0.2, 0.25) is 0 Å². The molecule has 1 unspecified atom stereocenters. The van der Waals surface area contributed by atoms with Gasteiger partial charge in [-0.05, 0) is 43.2 Å². The summed E-state index contributed by atoms with van der Waals surface area (Å²) in [6.45, 7) is 1.18. The number of piperidine rings is 1. The third-order valence-electron chi connectivity index (χ3n) is 6.29. The zero-order valence-electron chi connectivity index (χ0n) is 19.8. The predicted octanol–water partition coefficient (Wildman–Crippen LogP) is 4.96. The van der Waals surface area contributed by atoms with Crippen LogP contribution in [-0.4, -0.2) is 48.3 Å². The Morgan fingerprint density at radius 1 is 1.11 bits per heavy atom. The van der Waals surface area contributed by atoms with E-state index < -0.39 is 0 Å². The molecule has 1 fully saturated rings. The van der Waals surface area contributed by atoms with Gasteiger partial charge < -0.3 is 23.3 Å². The zero-order valence-corrected chi connectivity index (χ0v) is 19.8. The van der Waals surface area contributed by atoms with Gasteiger partial charge in [0.2, 0.25) is 5.76 Å². The molecule has 1 amide bonds. The molecule has 35 heavy (non-hydrogen) atoms. The van der Waals surface area contributed by atoms with Crippen LogP contribution in [-0.2, 0) is 6.42 Å². The predicted molar refractivity (Wildman–Crippen MR) is 129 cm³/mol. The number of benzene rings is 2. The summed E-state index contributed by atoms with van der Waals surface area (Å²) < 4.78 is 22.1. The van der Waals surface area contributed by atoms with Crippen LogP contribution < -0.4 is 9.47 Å². The molecule has 1 atom stereocenters. The number of amides is 1. The third kappa shape index (κ3) is 4.91. The minimum absolute atomic E-state index is 0.0306. The maximum absolute atomic E-state index is 13.1. The molecular formula is C27H27N3O5. The number of methoxy groups -OCH3 is 2. The summed E-state index contributed by atoms with van der Waals surface area (Å²) in [7, 11) is 3.28. The minimum atomic E-state index is -0.178. The van der Waals surface area contributed by atoms with Crippen LogP contribution >= 0.6 is 0 Å². The second-order valence-electron chi connectivity index (χ2n) is 8.55. The van der Waals surface area contributed by atoms with E-state index >= 15 is 0 Å². The average Bonchev–Trinajstić information content (AvgIpc) is 3.59. The molecule has 8 nitrogen and oxygen atoms in total. The molecule has 4 aromatic rings. The van der Waals surface area contributed by atoms with E-state index in [-0.39, 0.29) is 17.6 Å². The summed E-state index contributed by atoms with van der Waals surface area (Å²) in [6.07, 6.45) is 4.13. The molecule has 8 heteroatoms. The summed E-state index contributed by atoms with van der Waals surface area (Å²) >= 11 is 0. The highest BCUT2D eigenvalue weighted by molar-refractivity contribution is 5.92. The number of para-hydroxylation sites is 1. The van der Waals surface area contributed by atoms with Crippen molar-refractivity contribution in [1.82, 2.24) is 15.0 Å². The highest BCUT2D eigenvalue weighted by atomic mass is 16.5. The van der Waals surface area contributed by atoms with Crippen molar-refractivity contribution < 1.29 is 23.2 Å². The summed E-state index contributed by atoms with van der Waals surface area (Å²) in [6, 6.07) is 17.0. The Morgan fingerprint density at radius 2 is 1.94 bits per heavy atom. The van der Waals surface area contributed by atoms with E-state index in [0.717, 1.165) is 41.2 Å². The lowest BCUT2D eigenvalue weighted by atomic mass is 9.97. The molecule has 0 bridgehead atoms. The first-order chi connectivity index (χ1) is 17.1. The first-order valence-electron chi connectivity index (χ1n) is 11.6. The van der Waals surface area contributed by atoms with E-state index in [1.807, 2.05) is 48.5 Å². The number of oxazole rings is 1. The Kier molecular flexibility index (Phi) is 6.52. The quantitative estimate of drug-likeness (QED) is 0.375. The molecule has 0 aliphatic carbocycles. The van der Waals surface area contributed by atoms with Crippen LogP contribution in [0.25, 0.3) is 11.3 Å². The number of likely N-dealkylation sites (tertiary alicyclic amines) is 1. The molecule has 1 aliphatic heterocycles. The van der Waals surface area contributed by atoms with E-state index in [1.54, 1.807) is 31.4 Å². The van der Waals surface area contributed by atoms with Gasteiger partial charge in [0.15, 0.2) is 5.89 Å². The van der Waals surface area contributed by atoms with E-state index in [2.05, 4.69) is 10.1 Å². The van der Waals surface area contributed by atoms with Gasteiger partial charge in [0.05, 0.1) is 26.3 Å². The molecule has 1 aliphatic rings. The Hall–Kier alpha value is -4.07. The van der Waals surface area contributed by atoms with Gasteiger partial charge in [-0.25, -0.2) is 4.98 Å². The van der Waals surface area contributed by atoms with Crippen molar-refractivity contribution in [3.8, 4) is 22.8 Å². The molecule has 5 rings (SSSR count). The van der Waals surface area contributed by atoms with E-state index in [9.17, 15) is 4.79 Å². The van der Waals surface area contributed by atoms with Gasteiger partial charge in [-0.15, -0.1) is 0 Å². The van der Waals surface area contributed by atoms with E-state index in [0.29, 0.717) is 31.1 Å². The normalized spacial score (nSPS) is 15.7. The molecule has 0 spiro atoms. The van der Waals surface area contributed by atoms with E-state index in [4.69, 9.17) is 18.4 Å². The SMILES string of the molecule is COc1ccc(-c2cc(C(=O)N3CCCC(c4ncc(Cc5ccccc5OC)o4)C3)on2)cc1. The Balaban J connectivity index is 1.25. The zero-order chi connectivity index (χ0) is 24.2. The van der Waals surface area contributed by atoms with Gasteiger partial charge in [0, 0.05) is 36.7 Å². The number of ether oxygens (including phenoxy) is 2. The Labute approximate surface area is 203 Å². The second kappa shape index (κ2) is 10.0. The fourth-order valence-electron chi connectivity index (χ4n) is 4.42. The van der Waals surface area contributed by atoms with Crippen LogP contribution in [0.3, 0.4) is 0 Å². The number of hydrogen-bond acceptors (Lipinski definition) is 7. The molecule has 0 saturated carbocycles. The maximum atomic E-state index is 13.1. The van der Waals surface area contributed by atoms with Crippen molar-refractivity contribution in [3.05, 3.63) is 83.8 Å². The number of carbonyl (C=O) groups is 1. The number of aromatic nitrogens is 2. The highest BCUT2D eigenvalue weighted by Gasteiger charge is 2.30. The summed E-state index contributed by atoms with van der Waals surface area (Å²) in [4.78, 5) is 19.5. The standard InChI is InChI=1S/C27H27N3O5/c1-32-21-11-9-18(10-12-21)23-15-25(35-29-23)27(31)30-13-5-7-20(17-30)26-28-16-22(34-26)14-19-6-3-4-8-24(19)33-2/h3-4,6,8-12,15-16,20H,5,7,13-14,17H2,1-2H3. The lowest BCUT2D eigenvalue weighted by Gasteiger charge is -2.30. The van der Waals surface area contributed by atoms with Crippen molar-refractivity contribution in [3.63, 3.8) is 0 Å². The van der Waals surface area contributed by atoms with Crippen LogP contribution in [0.1, 0.15) is 46.5 Å². The Bertz CT molecular complexity index is 1290. The molecule has 2 aromatic carbocycles. The largest absolute Gasteiger partial charge is 0.497 e. The minimum Gasteiger partial charge on any atom is -0.497 e. The smallest absolute Gasteiger partial charge is 0.292 e. The summed E-state index contributed by atoms with van der Waals surface area (Å²) in [5.74, 6) is 3.08. The molecular weight excluding hydrogens is 446 g/mol. The van der Waals surface area contributed by atoms with Gasteiger partial charge in [0.25, 0.3) is 5.91 Å². The van der Waals surface area contributed by atoms with Gasteiger partial charge in [-0.2, -0.15) is 0 Å². The van der Waals surface area contributed by atoms with Gasteiger partial charge in [-0.1, -0.05) is 23.4 Å². The topological polar surface area (TPSA) is 90.8 Å². The molecule has 3 heterocycles. The van der Waals surface area contributed by atoms with Crippen molar-refractivity contribution in [2.24, 2.45) is 0 Å². The fourth-order valence-corrected chi connectivity index (χ4v) is 4.42. The van der Waals surface area contributed by atoms with Gasteiger partial charge in [0.1, 0.15) is 23.0 Å². The van der Waals surface area contributed by atoms with Gasteiger partial charge in [-0.3, -0.25) is 4.79 Å². The van der Waals surface area contributed by atoms with Crippen molar-refractivity contribution in [2.45, 2.75) is 25.2 Å². The lowest BCUT2D eigenvalue weighted by molar-refractivity contribution is 0.0656. The highest BCUT2D eigenvalue weighted by Crippen LogP contribution is 2.30. The molecule has 1 saturated heterocycles. The van der Waals surface area contributed by atoms with Crippen molar-refractivity contribution >= 4 is 5.91 Å². The van der Waals surface area contributed by atoms with E-state index in [1.165, 1.54) is 0 Å². The lowest BCUT2D eigenvalue weighted by Crippen LogP contribution is -2.39. The first-order valence-corrected chi connectivity index (χ1v) is 11.6. The summed E-state index contributed by atoms with van der Waals surface area (Å²) in [5, 5.41) is 4.09. The molecule has 2 aromatic heterocycles. The van der Waals surface area contributed by atoms with Gasteiger partial charge >= 0.3 is 0 Å². The molecule has 180 valence electrons. The van der Waals surface area contributed by atoms with Crippen LogP contribution in [0.5, 0.6) is 11.5 Å². The summed E-state index contributed by atoms with van der Waals surface area (Å²) in [5.41, 5.74) is 2.50. The average molecular weight is 474 g/mol. The monoisotopic (exact) mass is 473 g/mol. The first kappa shape index (κ1) is 22.7. The van der Waals surface area contributed by atoms with Crippen LogP contribution in [0.4, 0.5) is 0 Å². The van der Waals surface area contributed by atoms with Crippen molar-refractivity contribution in [2.75, 3.05) is 27.3 Å². The molecule has 0 N–H and O–H groups in total. The molecule has 0 radical (unpaired) electrons. The van der Waals surface area contributed by atoms with Crippen LogP contribution in [0, 0.1) is 0 Å². The maximum Gasteiger partial charge on any atom is 0.292 e. The van der Waals surface area contributed by atoms with Crippen molar-refractivity contribution in [1.29, 1.82) is 0 Å².